The van der Waals surface area contributed by atoms with Crippen molar-refractivity contribution in [3.8, 4) is 0 Å². The third kappa shape index (κ3) is 3.31. The van der Waals surface area contributed by atoms with Crippen LogP contribution in [0.15, 0.2) is 51.9 Å². The number of nitrogens with one attached hydrogen (secondary N) is 1. The van der Waals surface area contributed by atoms with Crippen LogP contribution >= 0.6 is 0 Å². The van der Waals surface area contributed by atoms with Gasteiger partial charge in [-0.2, -0.15) is 0 Å². The van der Waals surface area contributed by atoms with Crippen molar-refractivity contribution < 1.29 is 9.21 Å². The fraction of sp³-hybridized carbons (Fsp3) is 0.235. The number of H-pyrrole nitrogens is 1. The van der Waals surface area contributed by atoms with Crippen LogP contribution in [0.3, 0.4) is 0 Å². The largest absolute Gasteiger partial charge is 0.417 e. The average molecular weight is 311 g/mol. The lowest BCUT2D eigenvalue weighted by Gasteiger charge is -2.21. The Labute approximate surface area is 132 Å². The molecule has 0 aliphatic heterocycles. The molecule has 0 radical (unpaired) electrons. The van der Waals surface area contributed by atoms with E-state index in [1.54, 1.807) is 35.5 Å². The van der Waals surface area contributed by atoms with Gasteiger partial charge in [-0.3, -0.25) is 14.8 Å². The number of benzene rings is 1. The van der Waals surface area contributed by atoms with Crippen molar-refractivity contribution >= 4 is 17.0 Å². The Bertz CT molecular complexity index is 867. The Kier molecular flexibility index (Phi) is 4.23. The fourth-order valence-electron chi connectivity index (χ4n) is 2.48. The smallest absolute Gasteiger partial charge is 0.408 e. The predicted molar refractivity (Wildman–Crippen MR) is 86.4 cm³/mol. The maximum absolute atomic E-state index is 12.6. The van der Waals surface area contributed by atoms with Crippen LogP contribution in [0.1, 0.15) is 22.8 Å². The van der Waals surface area contributed by atoms with Crippen molar-refractivity contribution in [2.45, 2.75) is 13.3 Å². The van der Waals surface area contributed by atoms with Crippen LogP contribution in [0.25, 0.3) is 11.1 Å². The molecule has 0 atom stereocenters. The average Bonchev–Trinajstić information content (AvgIpc) is 2.95. The highest BCUT2D eigenvalue weighted by Gasteiger charge is 2.15. The third-order valence-corrected chi connectivity index (χ3v) is 3.75. The highest BCUT2D eigenvalue weighted by Crippen LogP contribution is 2.14. The lowest BCUT2D eigenvalue weighted by molar-refractivity contribution is 0.0766. The lowest BCUT2D eigenvalue weighted by Crippen LogP contribution is -2.32. The van der Waals surface area contributed by atoms with Crippen LogP contribution in [0.2, 0.25) is 0 Å². The number of aromatic amines is 1. The van der Waals surface area contributed by atoms with Crippen LogP contribution in [-0.2, 0) is 6.42 Å². The molecule has 0 fully saturated rings. The van der Waals surface area contributed by atoms with Gasteiger partial charge >= 0.3 is 5.76 Å². The number of likely N-dealkylation sites (N-methyl/N-ethyl adjacent to an activating group) is 1. The molecule has 23 heavy (non-hydrogen) atoms. The van der Waals surface area contributed by atoms with Gasteiger partial charge in [0.05, 0.1) is 5.52 Å². The highest BCUT2D eigenvalue weighted by atomic mass is 16.4. The second-order valence-electron chi connectivity index (χ2n) is 5.22. The first kappa shape index (κ1) is 15.0. The van der Waals surface area contributed by atoms with Crippen molar-refractivity contribution in [1.82, 2.24) is 14.9 Å². The zero-order chi connectivity index (χ0) is 16.2. The van der Waals surface area contributed by atoms with E-state index < -0.39 is 5.76 Å². The first-order valence-corrected chi connectivity index (χ1v) is 7.48. The molecule has 2 heterocycles. The summed E-state index contributed by atoms with van der Waals surface area (Å²) in [5.74, 6) is -0.583. The van der Waals surface area contributed by atoms with E-state index in [1.807, 2.05) is 19.1 Å². The van der Waals surface area contributed by atoms with Gasteiger partial charge in [-0.25, -0.2) is 4.79 Å². The molecule has 0 spiro atoms. The Morgan fingerprint density at radius 2 is 2.04 bits per heavy atom. The Morgan fingerprint density at radius 3 is 2.78 bits per heavy atom. The van der Waals surface area contributed by atoms with E-state index in [2.05, 4.69) is 9.97 Å². The van der Waals surface area contributed by atoms with E-state index in [4.69, 9.17) is 4.42 Å². The lowest BCUT2D eigenvalue weighted by atomic mass is 10.1. The molecule has 1 aromatic carbocycles. The molecule has 0 aliphatic rings. The van der Waals surface area contributed by atoms with E-state index in [0.717, 1.165) is 12.0 Å². The number of hydrogen-bond acceptors (Lipinski definition) is 4. The quantitative estimate of drug-likeness (QED) is 0.783. The van der Waals surface area contributed by atoms with E-state index >= 15 is 0 Å². The van der Waals surface area contributed by atoms with Crippen molar-refractivity contribution in [1.29, 1.82) is 0 Å². The summed E-state index contributed by atoms with van der Waals surface area (Å²) in [5, 5.41) is 0. The highest BCUT2D eigenvalue weighted by molar-refractivity contribution is 5.97. The second kappa shape index (κ2) is 6.48. The molecule has 0 aliphatic carbocycles. The summed E-state index contributed by atoms with van der Waals surface area (Å²) in [4.78, 5) is 32.2. The molecule has 0 saturated carbocycles. The molecule has 118 valence electrons. The molecule has 0 bridgehead atoms. The molecule has 1 N–H and O–H groups in total. The standard InChI is InChI=1S/C17H17N3O3/c1-2-20(10-7-12-5-8-18-9-6-12)16(21)13-3-4-15-14(11-13)19-17(22)23-15/h3-6,8-9,11H,2,7,10H2,1H3,(H,19,22). The predicted octanol–water partition coefficient (Wildman–Crippen LogP) is 2.22. The van der Waals surface area contributed by atoms with Gasteiger partial charge in [-0.1, -0.05) is 0 Å². The number of carbonyl (C=O) groups is 1. The molecule has 3 aromatic rings. The Hall–Kier alpha value is -2.89. The minimum Gasteiger partial charge on any atom is -0.408 e. The molecular formula is C17H17N3O3. The molecule has 6 heteroatoms. The van der Waals surface area contributed by atoms with Crippen molar-refractivity contribution in [2.75, 3.05) is 13.1 Å². The number of aromatic nitrogens is 2. The summed E-state index contributed by atoms with van der Waals surface area (Å²) in [7, 11) is 0. The minimum absolute atomic E-state index is 0.0643. The molecule has 1 amide bonds. The number of amides is 1. The summed E-state index contributed by atoms with van der Waals surface area (Å²) in [6.45, 7) is 3.19. The van der Waals surface area contributed by atoms with E-state index in [9.17, 15) is 9.59 Å². The van der Waals surface area contributed by atoms with Crippen LogP contribution in [0, 0.1) is 0 Å². The van der Waals surface area contributed by atoms with E-state index in [1.165, 1.54) is 0 Å². The summed E-state index contributed by atoms with van der Waals surface area (Å²) >= 11 is 0. The van der Waals surface area contributed by atoms with Crippen LogP contribution in [0.5, 0.6) is 0 Å². The second-order valence-corrected chi connectivity index (χ2v) is 5.22. The fourth-order valence-corrected chi connectivity index (χ4v) is 2.48. The number of hydrogen-bond donors (Lipinski definition) is 1. The first-order chi connectivity index (χ1) is 11.2. The Balaban J connectivity index is 1.76. The topological polar surface area (TPSA) is 79.2 Å². The third-order valence-electron chi connectivity index (χ3n) is 3.75. The van der Waals surface area contributed by atoms with E-state index in [-0.39, 0.29) is 5.91 Å². The zero-order valence-corrected chi connectivity index (χ0v) is 12.8. The van der Waals surface area contributed by atoms with Gasteiger partial charge in [0.25, 0.3) is 5.91 Å². The van der Waals surface area contributed by atoms with Crippen LogP contribution < -0.4 is 5.76 Å². The molecule has 0 unspecified atom stereocenters. The zero-order valence-electron chi connectivity index (χ0n) is 12.8. The maximum atomic E-state index is 12.6. The number of rotatable bonds is 5. The SMILES string of the molecule is CCN(CCc1ccncc1)C(=O)c1ccc2oc(=O)[nH]c2c1. The maximum Gasteiger partial charge on any atom is 0.417 e. The van der Waals surface area contributed by atoms with Crippen molar-refractivity contribution in [3.05, 3.63) is 64.4 Å². The number of oxazole rings is 1. The number of fused-ring (bicyclic) bond motifs is 1. The van der Waals surface area contributed by atoms with Gasteiger partial charge in [0.15, 0.2) is 5.58 Å². The number of nitrogens with zero attached hydrogens (tertiary/aromatic N) is 2. The van der Waals surface area contributed by atoms with Gasteiger partial charge in [0.1, 0.15) is 0 Å². The summed E-state index contributed by atoms with van der Waals surface area (Å²) in [6.07, 6.45) is 4.26. The van der Waals surface area contributed by atoms with Crippen LogP contribution in [0.4, 0.5) is 0 Å². The Morgan fingerprint density at radius 1 is 1.26 bits per heavy atom. The van der Waals surface area contributed by atoms with Crippen LogP contribution in [-0.4, -0.2) is 33.9 Å². The van der Waals surface area contributed by atoms with Gasteiger partial charge in [-0.15, -0.1) is 0 Å². The summed E-state index contributed by atoms with van der Waals surface area (Å²) < 4.78 is 4.95. The van der Waals surface area contributed by atoms with Gasteiger partial charge in [0, 0.05) is 31.0 Å². The van der Waals surface area contributed by atoms with E-state index in [0.29, 0.717) is 29.8 Å². The molecule has 2 aromatic heterocycles. The molecule has 3 rings (SSSR count). The number of carbonyl (C=O) groups excluding carboxylic acids is 1. The number of pyridine rings is 1. The molecule has 0 saturated heterocycles. The molecule has 6 nitrogen and oxygen atoms in total. The van der Waals surface area contributed by atoms with Gasteiger partial charge in [-0.05, 0) is 49.2 Å². The molecular weight excluding hydrogens is 294 g/mol. The summed E-state index contributed by atoms with van der Waals surface area (Å²) in [6, 6.07) is 8.85. The first-order valence-electron chi connectivity index (χ1n) is 7.48. The van der Waals surface area contributed by atoms with Gasteiger partial charge < -0.3 is 9.32 Å². The minimum atomic E-state index is -0.519. The van der Waals surface area contributed by atoms with Crippen molar-refractivity contribution in [3.63, 3.8) is 0 Å². The van der Waals surface area contributed by atoms with Gasteiger partial charge in [0.2, 0.25) is 0 Å². The normalized spacial score (nSPS) is 10.8. The summed E-state index contributed by atoms with van der Waals surface area (Å²) in [5.41, 5.74) is 2.66. The van der Waals surface area contributed by atoms with Crippen molar-refractivity contribution in [2.24, 2.45) is 0 Å². The monoisotopic (exact) mass is 311 g/mol.